The van der Waals surface area contributed by atoms with E-state index < -0.39 is 0 Å². The van der Waals surface area contributed by atoms with Crippen molar-refractivity contribution in [2.45, 2.75) is 12.8 Å². The van der Waals surface area contributed by atoms with Crippen molar-refractivity contribution in [3.8, 4) is 0 Å². The monoisotopic (exact) mass is 285 g/mol. The summed E-state index contributed by atoms with van der Waals surface area (Å²) in [6.07, 6.45) is 4.24. The lowest BCUT2D eigenvalue weighted by Crippen LogP contribution is -2.47. The van der Waals surface area contributed by atoms with Gasteiger partial charge in [-0.15, -0.1) is 0 Å². The summed E-state index contributed by atoms with van der Waals surface area (Å²) in [7, 11) is 0. The molecule has 1 aromatic heterocycles. The molecule has 0 saturated carbocycles. The van der Waals surface area contributed by atoms with Gasteiger partial charge in [-0.1, -0.05) is 18.2 Å². The van der Waals surface area contributed by atoms with Crippen LogP contribution in [0.4, 0.5) is 5.95 Å². The summed E-state index contributed by atoms with van der Waals surface area (Å²) in [6.45, 7) is 6.12. The standard InChI is InChI=1S/C16H23N5/c17-7-3-4-8-20-9-11-21(12-10-20)16-18-13-14-5-1-2-6-15(14)19-16/h1-2,5-6,13H,3-4,7-12,17H2. The number of piperazine rings is 1. The van der Waals surface area contributed by atoms with Crippen molar-refractivity contribution >= 4 is 16.9 Å². The van der Waals surface area contributed by atoms with E-state index in [0.29, 0.717) is 0 Å². The highest BCUT2D eigenvalue weighted by Gasteiger charge is 2.18. The van der Waals surface area contributed by atoms with Crippen LogP contribution >= 0.6 is 0 Å². The molecule has 1 saturated heterocycles. The van der Waals surface area contributed by atoms with E-state index in [-0.39, 0.29) is 0 Å². The summed E-state index contributed by atoms with van der Waals surface area (Å²) >= 11 is 0. The maximum Gasteiger partial charge on any atom is 0.225 e. The molecule has 3 rings (SSSR count). The smallest absolute Gasteiger partial charge is 0.225 e. The normalized spacial score (nSPS) is 16.5. The Kier molecular flexibility index (Phi) is 4.62. The Hall–Kier alpha value is -1.72. The van der Waals surface area contributed by atoms with E-state index in [4.69, 9.17) is 5.73 Å². The van der Waals surface area contributed by atoms with Crippen molar-refractivity contribution in [2.24, 2.45) is 5.73 Å². The lowest BCUT2D eigenvalue weighted by molar-refractivity contribution is 0.252. The molecule has 2 aromatic rings. The number of hydrogen-bond acceptors (Lipinski definition) is 5. The molecule has 0 radical (unpaired) electrons. The van der Waals surface area contributed by atoms with Crippen LogP contribution in [-0.2, 0) is 0 Å². The second kappa shape index (κ2) is 6.83. The second-order valence-electron chi connectivity index (χ2n) is 5.55. The van der Waals surface area contributed by atoms with Gasteiger partial charge in [0.15, 0.2) is 0 Å². The number of hydrogen-bond donors (Lipinski definition) is 1. The predicted octanol–water partition coefficient (Wildman–Crippen LogP) is 1.49. The molecule has 1 aliphatic heterocycles. The highest BCUT2D eigenvalue weighted by molar-refractivity contribution is 5.78. The van der Waals surface area contributed by atoms with Crippen molar-refractivity contribution in [3.63, 3.8) is 0 Å². The van der Waals surface area contributed by atoms with Gasteiger partial charge in [-0.25, -0.2) is 9.97 Å². The molecule has 112 valence electrons. The molecule has 21 heavy (non-hydrogen) atoms. The Balaban J connectivity index is 1.60. The molecule has 1 aromatic carbocycles. The third-order valence-electron chi connectivity index (χ3n) is 4.06. The summed E-state index contributed by atoms with van der Waals surface area (Å²) in [6, 6.07) is 8.14. The maximum absolute atomic E-state index is 5.54. The minimum absolute atomic E-state index is 0.797. The van der Waals surface area contributed by atoms with Gasteiger partial charge in [-0.2, -0.15) is 0 Å². The van der Waals surface area contributed by atoms with E-state index in [0.717, 1.165) is 62.5 Å². The predicted molar refractivity (Wildman–Crippen MR) is 86.5 cm³/mol. The zero-order valence-corrected chi connectivity index (χ0v) is 12.4. The number of aromatic nitrogens is 2. The number of nitrogens with zero attached hydrogens (tertiary/aromatic N) is 4. The minimum Gasteiger partial charge on any atom is -0.338 e. The SMILES string of the molecule is NCCCCN1CCN(c2ncc3ccccc3n2)CC1. The van der Waals surface area contributed by atoms with Gasteiger partial charge in [0, 0.05) is 37.8 Å². The molecule has 1 fully saturated rings. The molecule has 0 spiro atoms. The van der Waals surface area contributed by atoms with Crippen molar-refractivity contribution in [2.75, 3.05) is 44.2 Å². The molecule has 0 atom stereocenters. The van der Waals surface area contributed by atoms with Gasteiger partial charge in [0.25, 0.3) is 0 Å². The lowest BCUT2D eigenvalue weighted by Gasteiger charge is -2.34. The molecule has 0 unspecified atom stereocenters. The first-order chi connectivity index (χ1) is 10.4. The number of unbranched alkanes of at least 4 members (excludes halogenated alkanes) is 1. The topological polar surface area (TPSA) is 58.3 Å². The first-order valence-corrected chi connectivity index (χ1v) is 7.76. The molecule has 0 bridgehead atoms. The largest absolute Gasteiger partial charge is 0.338 e. The van der Waals surface area contributed by atoms with Gasteiger partial charge in [-0.05, 0) is 32.0 Å². The van der Waals surface area contributed by atoms with Gasteiger partial charge in [0.2, 0.25) is 5.95 Å². The fourth-order valence-electron chi connectivity index (χ4n) is 2.77. The molecule has 0 aliphatic carbocycles. The van der Waals surface area contributed by atoms with E-state index in [9.17, 15) is 0 Å². The minimum atomic E-state index is 0.797. The molecule has 0 amide bonds. The molecule has 5 nitrogen and oxygen atoms in total. The highest BCUT2D eigenvalue weighted by Crippen LogP contribution is 2.16. The Morgan fingerprint density at radius 1 is 1.05 bits per heavy atom. The fourth-order valence-corrected chi connectivity index (χ4v) is 2.77. The number of nitrogens with two attached hydrogens (primary N) is 1. The summed E-state index contributed by atoms with van der Waals surface area (Å²) < 4.78 is 0. The zero-order valence-electron chi connectivity index (χ0n) is 12.4. The van der Waals surface area contributed by atoms with Gasteiger partial charge in [-0.3, -0.25) is 4.90 Å². The number of benzene rings is 1. The number of rotatable bonds is 5. The van der Waals surface area contributed by atoms with Crippen molar-refractivity contribution < 1.29 is 0 Å². The summed E-state index contributed by atoms with van der Waals surface area (Å²) in [5.74, 6) is 0.857. The van der Waals surface area contributed by atoms with Crippen LogP contribution in [0.15, 0.2) is 30.5 Å². The van der Waals surface area contributed by atoms with Crippen molar-refractivity contribution in [1.29, 1.82) is 0 Å². The summed E-state index contributed by atoms with van der Waals surface area (Å²) in [5.41, 5.74) is 6.57. The van der Waals surface area contributed by atoms with Crippen LogP contribution in [0, 0.1) is 0 Å². The van der Waals surface area contributed by atoms with Gasteiger partial charge in [0.05, 0.1) is 5.52 Å². The van der Waals surface area contributed by atoms with Crippen LogP contribution in [0.5, 0.6) is 0 Å². The quantitative estimate of drug-likeness (QED) is 0.844. The molecular formula is C16H23N5. The first kappa shape index (κ1) is 14.2. The lowest BCUT2D eigenvalue weighted by atomic mass is 10.2. The van der Waals surface area contributed by atoms with E-state index >= 15 is 0 Å². The first-order valence-electron chi connectivity index (χ1n) is 7.76. The number of para-hydroxylation sites is 1. The van der Waals surface area contributed by atoms with Crippen LogP contribution in [-0.4, -0.2) is 54.1 Å². The molecule has 2 heterocycles. The Labute approximate surface area is 125 Å². The average Bonchev–Trinajstić information content (AvgIpc) is 2.55. The van der Waals surface area contributed by atoms with E-state index in [1.807, 2.05) is 24.4 Å². The molecule has 5 heteroatoms. The Morgan fingerprint density at radius 3 is 2.67 bits per heavy atom. The zero-order chi connectivity index (χ0) is 14.5. The third-order valence-corrected chi connectivity index (χ3v) is 4.06. The average molecular weight is 285 g/mol. The van der Waals surface area contributed by atoms with E-state index in [1.165, 1.54) is 6.42 Å². The van der Waals surface area contributed by atoms with Crippen LogP contribution in [0.3, 0.4) is 0 Å². The van der Waals surface area contributed by atoms with Crippen LogP contribution in [0.1, 0.15) is 12.8 Å². The number of anilines is 1. The van der Waals surface area contributed by atoms with E-state index in [2.05, 4.69) is 25.8 Å². The van der Waals surface area contributed by atoms with Gasteiger partial charge < -0.3 is 10.6 Å². The van der Waals surface area contributed by atoms with Crippen LogP contribution in [0.25, 0.3) is 10.9 Å². The van der Waals surface area contributed by atoms with Gasteiger partial charge in [0.1, 0.15) is 0 Å². The maximum atomic E-state index is 5.54. The van der Waals surface area contributed by atoms with Crippen molar-refractivity contribution in [1.82, 2.24) is 14.9 Å². The fraction of sp³-hybridized carbons (Fsp3) is 0.500. The van der Waals surface area contributed by atoms with Crippen molar-refractivity contribution in [3.05, 3.63) is 30.5 Å². The Bertz CT molecular complexity index is 578. The third kappa shape index (κ3) is 3.49. The Morgan fingerprint density at radius 2 is 1.86 bits per heavy atom. The molecule has 2 N–H and O–H groups in total. The number of fused-ring (bicyclic) bond motifs is 1. The molecular weight excluding hydrogens is 262 g/mol. The highest BCUT2D eigenvalue weighted by atomic mass is 15.3. The molecule has 1 aliphatic rings. The van der Waals surface area contributed by atoms with Gasteiger partial charge >= 0.3 is 0 Å². The van der Waals surface area contributed by atoms with Crippen LogP contribution < -0.4 is 10.6 Å². The summed E-state index contributed by atoms with van der Waals surface area (Å²) in [4.78, 5) is 14.0. The van der Waals surface area contributed by atoms with E-state index in [1.54, 1.807) is 0 Å². The second-order valence-corrected chi connectivity index (χ2v) is 5.55. The summed E-state index contributed by atoms with van der Waals surface area (Å²) in [5, 5.41) is 1.10. The van der Waals surface area contributed by atoms with Crippen LogP contribution in [0.2, 0.25) is 0 Å².